The second-order valence-corrected chi connectivity index (χ2v) is 3.49. The lowest BCUT2D eigenvalue weighted by Gasteiger charge is -2.09. The van der Waals surface area contributed by atoms with Gasteiger partial charge in [-0.3, -0.25) is 0 Å². The molecule has 1 aromatic heterocycles. The van der Waals surface area contributed by atoms with Crippen molar-refractivity contribution >= 4 is 11.6 Å². The van der Waals surface area contributed by atoms with E-state index in [1.807, 2.05) is 0 Å². The Morgan fingerprint density at radius 2 is 2.00 bits per heavy atom. The standard InChI is InChI=1S/C11H7ClF2N2O/c1-17-10-6(3-2-4-7(10)13)9-8(14)5-15-11(12)16-9/h2-5H,1H3. The molecule has 0 radical (unpaired) electrons. The Bertz CT molecular complexity index is 563. The zero-order valence-electron chi connectivity index (χ0n) is 8.75. The first-order chi connectivity index (χ1) is 8.13. The van der Waals surface area contributed by atoms with Crippen molar-refractivity contribution in [1.82, 2.24) is 9.97 Å². The van der Waals surface area contributed by atoms with Crippen LogP contribution in [0, 0.1) is 11.6 Å². The van der Waals surface area contributed by atoms with E-state index in [1.54, 1.807) is 0 Å². The first-order valence-corrected chi connectivity index (χ1v) is 5.02. The van der Waals surface area contributed by atoms with E-state index in [9.17, 15) is 8.78 Å². The molecular formula is C11H7ClF2N2O. The molecule has 0 saturated carbocycles. The van der Waals surface area contributed by atoms with Crippen molar-refractivity contribution in [3.8, 4) is 17.0 Å². The highest BCUT2D eigenvalue weighted by Crippen LogP contribution is 2.32. The fraction of sp³-hybridized carbons (Fsp3) is 0.0909. The fourth-order valence-corrected chi connectivity index (χ4v) is 1.57. The highest BCUT2D eigenvalue weighted by atomic mass is 35.5. The van der Waals surface area contributed by atoms with Crippen LogP contribution in [0.2, 0.25) is 5.28 Å². The Morgan fingerprint density at radius 1 is 1.24 bits per heavy atom. The number of rotatable bonds is 2. The summed E-state index contributed by atoms with van der Waals surface area (Å²) in [6.07, 6.45) is 0.926. The molecule has 0 spiro atoms. The van der Waals surface area contributed by atoms with Gasteiger partial charge in [-0.1, -0.05) is 6.07 Å². The van der Waals surface area contributed by atoms with Gasteiger partial charge in [-0.25, -0.2) is 18.7 Å². The lowest BCUT2D eigenvalue weighted by Crippen LogP contribution is -1.97. The topological polar surface area (TPSA) is 35.0 Å². The van der Waals surface area contributed by atoms with Crippen LogP contribution in [-0.2, 0) is 0 Å². The molecule has 17 heavy (non-hydrogen) atoms. The Balaban J connectivity index is 2.68. The third-order valence-corrected chi connectivity index (χ3v) is 2.32. The SMILES string of the molecule is COc1c(F)cccc1-c1nc(Cl)ncc1F. The van der Waals surface area contributed by atoms with E-state index in [1.165, 1.54) is 25.3 Å². The Hall–Kier alpha value is -1.75. The summed E-state index contributed by atoms with van der Waals surface area (Å²) >= 11 is 5.58. The highest BCUT2D eigenvalue weighted by Gasteiger charge is 2.16. The molecule has 0 atom stereocenters. The molecule has 0 aliphatic heterocycles. The average Bonchev–Trinajstić information content (AvgIpc) is 2.32. The van der Waals surface area contributed by atoms with Crippen molar-refractivity contribution in [1.29, 1.82) is 0 Å². The first-order valence-electron chi connectivity index (χ1n) is 4.64. The van der Waals surface area contributed by atoms with Crippen LogP contribution in [0.4, 0.5) is 8.78 Å². The van der Waals surface area contributed by atoms with Gasteiger partial charge >= 0.3 is 0 Å². The summed E-state index contributed by atoms with van der Waals surface area (Å²) in [6.45, 7) is 0. The van der Waals surface area contributed by atoms with E-state index in [0.717, 1.165) is 6.20 Å². The number of ether oxygens (including phenoxy) is 1. The lowest BCUT2D eigenvalue weighted by molar-refractivity contribution is 0.388. The van der Waals surface area contributed by atoms with Crippen LogP contribution in [0.5, 0.6) is 5.75 Å². The van der Waals surface area contributed by atoms with Gasteiger partial charge in [-0.05, 0) is 23.7 Å². The first kappa shape index (κ1) is 11.7. The van der Waals surface area contributed by atoms with E-state index in [2.05, 4.69) is 9.97 Å². The maximum atomic E-state index is 13.5. The molecule has 0 saturated heterocycles. The quantitative estimate of drug-likeness (QED) is 0.775. The van der Waals surface area contributed by atoms with E-state index in [-0.39, 0.29) is 22.3 Å². The van der Waals surface area contributed by atoms with Gasteiger partial charge in [-0.15, -0.1) is 0 Å². The number of nitrogens with zero attached hydrogens (tertiary/aromatic N) is 2. The molecule has 0 amide bonds. The third-order valence-electron chi connectivity index (χ3n) is 2.14. The van der Waals surface area contributed by atoms with Gasteiger partial charge in [0.05, 0.1) is 13.3 Å². The van der Waals surface area contributed by atoms with Crippen LogP contribution in [0.3, 0.4) is 0 Å². The van der Waals surface area contributed by atoms with Crippen molar-refractivity contribution in [2.75, 3.05) is 7.11 Å². The molecule has 6 heteroatoms. The molecule has 1 aromatic carbocycles. The summed E-state index contributed by atoms with van der Waals surface area (Å²) in [5.41, 5.74) is 0.0932. The second kappa shape index (κ2) is 4.63. The fourth-order valence-electron chi connectivity index (χ4n) is 1.44. The summed E-state index contributed by atoms with van der Waals surface area (Å²) in [7, 11) is 1.29. The van der Waals surface area contributed by atoms with Crippen molar-refractivity contribution < 1.29 is 13.5 Å². The normalized spacial score (nSPS) is 10.4. The van der Waals surface area contributed by atoms with Crippen molar-refractivity contribution in [3.63, 3.8) is 0 Å². The van der Waals surface area contributed by atoms with Crippen molar-refractivity contribution in [3.05, 3.63) is 41.3 Å². The predicted molar refractivity (Wildman–Crippen MR) is 58.9 cm³/mol. The minimum Gasteiger partial charge on any atom is -0.493 e. The molecule has 88 valence electrons. The van der Waals surface area contributed by atoms with Crippen LogP contribution >= 0.6 is 11.6 Å². The van der Waals surface area contributed by atoms with Crippen LogP contribution in [0.15, 0.2) is 24.4 Å². The number of benzene rings is 1. The summed E-state index contributed by atoms with van der Waals surface area (Å²) in [6, 6.07) is 4.13. The number of hydrogen-bond donors (Lipinski definition) is 0. The van der Waals surface area contributed by atoms with E-state index in [0.29, 0.717) is 0 Å². The summed E-state index contributed by atoms with van der Waals surface area (Å²) in [5.74, 6) is -1.38. The number of aromatic nitrogens is 2. The number of halogens is 3. The molecule has 2 rings (SSSR count). The van der Waals surface area contributed by atoms with Gasteiger partial charge in [0, 0.05) is 5.56 Å². The van der Waals surface area contributed by atoms with Crippen LogP contribution in [-0.4, -0.2) is 17.1 Å². The minimum atomic E-state index is -0.696. The van der Waals surface area contributed by atoms with Gasteiger partial charge in [0.2, 0.25) is 5.28 Å². The van der Waals surface area contributed by atoms with Gasteiger partial charge in [0.15, 0.2) is 17.4 Å². The second-order valence-electron chi connectivity index (χ2n) is 3.16. The largest absolute Gasteiger partial charge is 0.493 e. The number of hydrogen-bond acceptors (Lipinski definition) is 3. The molecule has 0 fully saturated rings. The zero-order chi connectivity index (χ0) is 12.4. The molecule has 0 unspecified atom stereocenters. The minimum absolute atomic E-state index is 0.0823. The van der Waals surface area contributed by atoms with Gasteiger partial charge < -0.3 is 4.74 Å². The number of methoxy groups -OCH3 is 1. The Morgan fingerprint density at radius 3 is 2.71 bits per heavy atom. The van der Waals surface area contributed by atoms with Gasteiger partial charge in [0.1, 0.15) is 5.69 Å². The van der Waals surface area contributed by atoms with Gasteiger partial charge in [-0.2, -0.15) is 0 Å². The molecular weight excluding hydrogens is 250 g/mol. The monoisotopic (exact) mass is 256 g/mol. The summed E-state index contributed by atoms with van der Waals surface area (Å²) in [4.78, 5) is 7.21. The molecule has 0 aliphatic carbocycles. The molecule has 0 N–H and O–H groups in total. The summed E-state index contributed by atoms with van der Waals surface area (Å²) in [5, 5.41) is -0.118. The average molecular weight is 257 g/mol. The molecule has 3 nitrogen and oxygen atoms in total. The van der Waals surface area contributed by atoms with Crippen molar-refractivity contribution in [2.45, 2.75) is 0 Å². The molecule has 2 aromatic rings. The van der Waals surface area contributed by atoms with Crippen LogP contribution in [0.25, 0.3) is 11.3 Å². The van der Waals surface area contributed by atoms with Gasteiger partial charge in [0.25, 0.3) is 0 Å². The molecule has 1 heterocycles. The third kappa shape index (κ3) is 2.19. The summed E-state index contributed by atoms with van der Waals surface area (Å²) < 4.78 is 31.9. The zero-order valence-corrected chi connectivity index (χ0v) is 9.50. The predicted octanol–water partition coefficient (Wildman–Crippen LogP) is 3.08. The van der Waals surface area contributed by atoms with Crippen LogP contribution in [0.1, 0.15) is 0 Å². The Labute approximate surface area is 101 Å². The van der Waals surface area contributed by atoms with E-state index >= 15 is 0 Å². The highest BCUT2D eigenvalue weighted by molar-refractivity contribution is 6.28. The Kier molecular flexibility index (Phi) is 3.19. The number of para-hydroxylation sites is 1. The molecule has 0 bridgehead atoms. The maximum absolute atomic E-state index is 13.5. The lowest BCUT2D eigenvalue weighted by atomic mass is 10.1. The molecule has 0 aliphatic rings. The van der Waals surface area contributed by atoms with E-state index < -0.39 is 11.6 Å². The van der Waals surface area contributed by atoms with E-state index in [4.69, 9.17) is 16.3 Å². The maximum Gasteiger partial charge on any atom is 0.223 e. The van der Waals surface area contributed by atoms with Crippen LogP contribution < -0.4 is 4.74 Å². The van der Waals surface area contributed by atoms with Crippen molar-refractivity contribution in [2.24, 2.45) is 0 Å². The smallest absolute Gasteiger partial charge is 0.223 e.